The Labute approximate surface area is 113 Å². The highest BCUT2D eigenvalue weighted by Crippen LogP contribution is 2.30. The average Bonchev–Trinajstić information content (AvgIpc) is 3.14. The normalized spacial score (nSPS) is 15.7. The smallest absolute Gasteiger partial charge is 0.225 e. The summed E-state index contributed by atoms with van der Waals surface area (Å²) >= 11 is 0. The van der Waals surface area contributed by atoms with E-state index in [1.165, 1.54) is 0 Å². The van der Waals surface area contributed by atoms with Crippen LogP contribution in [0.25, 0.3) is 0 Å². The molecule has 0 radical (unpaired) electrons. The van der Waals surface area contributed by atoms with Crippen molar-refractivity contribution in [2.24, 2.45) is 0 Å². The number of carbonyl (C=O) groups is 2. The van der Waals surface area contributed by atoms with Crippen molar-refractivity contribution in [2.75, 3.05) is 10.2 Å². The van der Waals surface area contributed by atoms with Crippen molar-refractivity contribution in [3.8, 4) is 0 Å². The van der Waals surface area contributed by atoms with Crippen molar-refractivity contribution < 1.29 is 11.0 Å². The molecule has 0 aromatic carbocycles. The zero-order valence-electron chi connectivity index (χ0n) is 11.2. The summed E-state index contributed by atoms with van der Waals surface area (Å²) in [7, 11) is 0. The van der Waals surface area contributed by atoms with E-state index in [0.717, 1.165) is 19.1 Å². The van der Waals surface area contributed by atoms with Crippen LogP contribution in [0.2, 0.25) is 0 Å². The topological polar surface area (TPSA) is 75.2 Å². The summed E-state index contributed by atoms with van der Waals surface area (Å²) in [6, 6.07) is 1.97. The van der Waals surface area contributed by atoms with E-state index >= 15 is 0 Å². The summed E-state index contributed by atoms with van der Waals surface area (Å²) in [5, 5.41) is 3.04. The van der Waals surface area contributed by atoms with E-state index in [2.05, 4.69) is 15.3 Å². The third-order valence-corrected chi connectivity index (χ3v) is 2.96. The van der Waals surface area contributed by atoms with E-state index in [1.807, 2.05) is 6.92 Å². The van der Waals surface area contributed by atoms with E-state index in [1.54, 1.807) is 24.1 Å². The van der Waals surface area contributed by atoms with Gasteiger partial charge < -0.3 is 10.1 Å². The van der Waals surface area contributed by atoms with Gasteiger partial charge in [0, 0.05) is 33.1 Å². The molecule has 1 fully saturated rings. The number of amides is 1. The van der Waals surface area contributed by atoms with Gasteiger partial charge in [-0.1, -0.05) is 0 Å². The molecule has 2 rings (SSSR count). The number of aldehydes is 1. The van der Waals surface area contributed by atoms with Gasteiger partial charge in [0.15, 0.2) is 0 Å². The van der Waals surface area contributed by atoms with Gasteiger partial charge in [-0.2, -0.15) is 4.98 Å². The van der Waals surface area contributed by atoms with Crippen LogP contribution in [0.1, 0.15) is 34.5 Å². The van der Waals surface area contributed by atoms with Crippen LogP contribution in [0, 0.1) is 0 Å². The minimum absolute atomic E-state index is 0. The standard InChI is InChI=1S/C13H18N4O2.H2/c1-9(6-8-18)15-13-14-7-5-12(16-13)17(10(2)19)11-3-4-11;/h5,7-9,11H,3-4,6H2,1-2H3,(H,14,15,16);1H/t9-;/m0./s1. The van der Waals surface area contributed by atoms with Crippen molar-refractivity contribution in [3.05, 3.63) is 12.3 Å². The van der Waals surface area contributed by atoms with Gasteiger partial charge in [0.1, 0.15) is 12.1 Å². The van der Waals surface area contributed by atoms with Gasteiger partial charge in [-0.25, -0.2) is 4.98 Å². The molecule has 0 aliphatic heterocycles. The Morgan fingerprint density at radius 3 is 3.00 bits per heavy atom. The molecule has 0 spiro atoms. The lowest BCUT2D eigenvalue weighted by molar-refractivity contribution is -0.116. The Balaban J connectivity index is 0.00000200. The van der Waals surface area contributed by atoms with E-state index < -0.39 is 0 Å². The number of carbonyl (C=O) groups excluding carboxylic acids is 2. The first-order chi connectivity index (χ1) is 9.11. The summed E-state index contributed by atoms with van der Waals surface area (Å²) in [5.41, 5.74) is 0. The number of nitrogens with zero attached hydrogens (tertiary/aromatic N) is 3. The van der Waals surface area contributed by atoms with Gasteiger partial charge in [0.25, 0.3) is 0 Å². The summed E-state index contributed by atoms with van der Waals surface area (Å²) in [6.45, 7) is 3.43. The molecule has 0 unspecified atom stereocenters. The van der Waals surface area contributed by atoms with Gasteiger partial charge in [0.2, 0.25) is 11.9 Å². The molecule has 1 atom stereocenters. The first-order valence-electron chi connectivity index (χ1n) is 6.45. The lowest BCUT2D eigenvalue weighted by Crippen LogP contribution is -2.31. The Morgan fingerprint density at radius 2 is 2.42 bits per heavy atom. The third kappa shape index (κ3) is 3.49. The lowest BCUT2D eigenvalue weighted by Gasteiger charge is -2.20. The molecule has 1 saturated carbocycles. The molecule has 1 heterocycles. The summed E-state index contributed by atoms with van der Waals surface area (Å²) in [5.74, 6) is 1.05. The van der Waals surface area contributed by atoms with Gasteiger partial charge in [-0.3, -0.25) is 9.69 Å². The quantitative estimate of drug-likeness (QED) is 0.790. The van der Waals surface area contributed by atoms with Crippen LogP contribution in [0.3, 0.4) is 0 Å². The highest BCUT2D eigenvalue weighted by molar-refractivity contribution is 5.91. The van der Waals surface area contributed by atoms with Gasteiger partial charge >= 0.3 is 0 Å². The first kappa shape index (κ1) is 13.5. The molecule has 1 aliphatic rings. The largest absolute Gasteiger partial charge is 0.351 e. The lowest BCUT2D eigenvalue weighted by atomic mass is 10.3. The van der Waals surface area contributed by atoms with Crippen molar-refractivity contribution in [1.29, 1.82) is 0 Å². The maximum atomic E-state index is 11.7. The van der Waals surface area contributed by atoms with E-state index in [4.69, 9.17) is 0 Å². The summed E-state index contributed by atoms with van der Waals surface area (Å²) in [6.07, 6.45) is 4.92. The maximum absolute atomic E-state index is 11.7. The van der Waals surface area contributed by atoms with Crippen molar-refractivity contribution >= 4 is 24.0 Å². The Kier molecular flexibility index (Phi) is 4.09. The zero-order valence-corrected chi connectivity index (χ0v) is 11.2. The molecular formula is C13H20N4O2. The van der Waals surface area contributed by atoms with Crippen molar-refractivity contribution in [2.45, 2.75) is 45.2 Å². The zero-order chi connectivity index (χ0) is 13.8. The SMILES string of the molecule is CC(=O)N(c1ccnc(N[C@@H](C)CC=O)n1)C1CC1.[HH]. The molecule has 1 aromatic rings. The van der Waals surface area contributed by atoms with E-state index in [9.17, 15) is 9.59 Å². The molecule has 6 nitrogen and oxygen atoms in total. The number of aromatic nitrogens is 2. The molecule has 1 amide bonds. The molecular weight excluding hydrogens is 244 g/mol. The minimum atomic E-state index is -0.0283. The van der Waals surface area contributed by atoms with Crippen LogP contribution >= 0.6 is 0 Å². The number of hydrogen-bond acceptors (Lipinski definition) is 5. The van der Waals surface area contributed by atoms with Crippen molar-refractivity contribution in [1.82, 2.24) is 9.97 Å². The number of hydrogen-bond donors (Lipinski definition) is 1. The molecule has 19 heavy (non-hydrogen) atoms. The number of anilines is 2. The fourth-order valence-electron chi connectivity index (χ4n) is 1.91. The van der Waals surface area contributed by atoms with E-state index in [0.29, 0.717) is 18.2 Å². The highest BCUT2D eigenvalue weighted by atomic mass is 16.2. The van der Waals surface area contributed by atoms with E-state index in [-0.39, 0.29) is 19.4 Å². The predicted molar refractivity (Wildman–Crippen MR) is 74.1 cm³/mol. The fraction of sp³-hybridized carbons (Fsp3) is 0.538. The summed E-state index contributed by atoms with van der Waals surface area (Å²) in [4.78, 5) is 32.3. The van der Waals surface area contributed by atoms with Gasteiger partial charge in [0.05, 0.1) is 0 Å². The highest BCUT2D eigenvalue weighted by Gasteiger charge is 2.32. The Morgan fingerprint density at radius 1 is 1.68 bits per heavy atom. The number of rotatable bonds is 6. The Bertz CT molecular complexity index is 479. The minimum Gasteiger partial charge on any atom is -0.351 e. The summed E-state index contributed by atoms with van der Waals surface area (Å²) < 4.78 is 0. The van der Waals surface area contributed by atoms with Gasteiger partial charge in [-0.15, -0.1) is 0 Å². The van der Waals surface area contributed by atoms with Crippen LogP contribution in [0.15, 0.2) is 12.3 Å². The monoisotopic (exact) mass is 264 g/mol. The molecule has 6 heteroatoms. The molecule has 0 bridgehead atoms. The molecule has 1 aromatic heterocycles. The molecule has 0 saturated heterocycles. The van der Waals surface area contributed by atoms with Crippen LogP contribution in [-0.2, 0) is 9.59 Å². The predicted octanol–water partition coefficient (Wildman–Crippen LogP) is 1.63. The van der Waals surface area contributed by atoms with Crippen LogP contribution in [0.5, 0.6) is 0 Å². The first-order valence-corrected chi connectivity index (χ1v) is 6.45. The molecule has 1 aliphatic carbocycles. The maximum Gasteiger partial charge on any atom is 0.225 e. The fourth-order valence-corrected chi connectivity index (χ4v) is 1.91. The van der Waals surface area contributed by atoms with Crippen LogP contribution in [-0.4, -0.2) is 34.2 Å². The second-order valence-electron chi connectivity index (χ2n) is 4.81. The average molecular weight is 264 g/mol. The molecule has 104 valence electrons. The van der Waals surface area contributed by atoms with Crippen LogP contribution < -0.4 is 10.2 Å². The Hall–Kier alpha value is -1.98. The van der Waals surface area contributed by atoms with Crippen LogP contribution in [0.4, 0.5) is 11.8 Å². The third-order valence-electron chi connectivity index (χ3n) is 2.96. The van der Waals surface area contributed by atoms with Gasteiger partial charge in [-0.05, 0) is 25.8 Å². The number of nitrogens with one attached hydrogen (secondary N) is 1. The van der Waals surface area contributed by atoms with Crippen molar-refractivity contribution in [3.63, 3.8) is 0 Å². The second kappa shape index (κ2) is 5.77. The second-order valence-corrected chi connectivity index (χ2v) is 4.81. The molecule has 1 N–H and O–H groups in total.